The summed E-state index contributed by atoms with van der Waals surface area (Å²) >= 11 is 0. The molecule has 2 aromatic rings. The monoisotopic (exact) mass is 411 g/mol. The summed E-state index contributed by atoms with van der Waals surface area (Å²) in [6, 6.07) is 18.4. The van der Waals surface area contributed by atoms with Crippen LogP contribution >= 0.6 is 0 Å². The molecule has 0 aliphatic carbocycles. The van der Waals surface area contributed by atoms with Crippen LogP contribution in [0.1, 0.15) is 22.2 Å². The van der Waals surface area contributed by atoms with Gasteiger partial charge in [0, 0.05) is 18.2 Å². The Hall–Kier alpha value is -2.78. The van der Waals surface area contributed by atoms with Crippen molar-refractivity contribution in [2.45, 2.75) is 37.0 Å². The topological polar surface area (TPSA) is 84.8 Å². The van der Waals surface area contributed by atoms with Crippen LogP contribution in [0.25, 0.3) is 0 Å². The summed E-state index contributed by atoms with van der Waals surface area (Å²) < 4.78 is 35.1. The predicted molar refractivity (Wildman–Crippen MR) is 104 cm³/mol. The Bertz CT molecular complexity index is 920. The molecule has 3 heterocycles. The van der Waals surface area contributed by atoms with Gasteiger partial charge in [0.2, 0.25) is 0 Å². The van der Waals surface area contributed by atoms with Crippen LogP contribution in [0.15, 0.2) is 65.7 Å². The van der Waals surface area contributed by atoms with Crippen LogP contribution in [0, 0.1) is 0 Å². The van der Waals surface area contributed by atoms with Crippen molar-refractivity contribution in [3.05, 3.63) is 71.8 Å². The fourth-order valence-electron chi connectivity index (χ4n) is 3.82. The van der Waals surface area contributed by atoms with E-state index in [1.54, 1.807) is 24.3 Å². The molecule has 0 radical (unpaired) electrons. The number of nitrogens with zero attached hydrogens (tertiary/aromatic N) is 1. The lowest BCUT2D eigenvalue weighted by Crippen LogP contribution is -2.61. The number of carbonyl (C=O) groups is 1. The first-order chi connectivity index (χ1) is 14.7. The molecule has 156 valence electrons. The van der Waals surface area contributed by atoms with Crippen LogP contribution in [0.4, 0.5) is 0 Å². The molecule has 3 aliphatic heterocycles. The highest BCUT2D eigenvalue weighted by Crippen LogP contribution is 2.38. The number of rotatable bonds is 3. The van der Waals surface area contributed by atoms with Crippen LogP contribution in [0.3, 0.4) is 0 Å². The Morgan fingerprint density at radius 2 is 1.63 bits per heavy atom. The number of carbonyl (C=O) groups excluding carboxylic acids is 1. The first-order valence-corrected chi connectivity index (χ1v) is 9.74. The summed E-state index contributed by atoms with van der Waals surface area (Å²) in [7, 11) is 1.52. The molecule has 8 heteroatoms. The standard InChI is InChI=1S/C22H21NO7/c1-25-21-18-17(29-22(30-18)23-19(24)13-8-4-2-5-9-13)16-15(27-21)12-26-20(28-16)14-10-6-3-7-11-14/h2-11,15-18,20-21H,12H2,1H3/t15-,16+,17+,18+,20+,21-/m1/s1. The van der Waals surface area contributed by atoms with E-state index in [9.17, 15) is 4.79 Å². The fraction of sp³-hybridized carbons (Fsp3) is 0.364. The largest absolute Gasteiger partial charge is 0.440 e. The molecular weight excluding hydrogens is 390 g/mol. The van der Waals surface area contributed by atoms with Crippen molar-refractivity contribution >= 4 is 12.0 Å². The maximum atomic E-state index is 12.4. The molecule has 0 saturated carbocycles. The normalized spacial score (nSPS) is 33.8. The minimum Gasteiger partial charge on any atom is -0.440 e. The number of amides is 1. The second-order valence-corrected chi connectivity index (χ2v) is 7.17. The SMILES string of the molecule is CO[C@@H]1O[C@@H]2CO[C@H](c3ccccc3)O[C@@H]2[C@@H]2OC(=NC(=O)c3ccccc3)O[C@H]12. The predicted octanol–water partition coefficient (Wildman–Crippen LogP) is 2.45. The Morgan fingerprint density at radius 3 is 2.37 bits per heavy atom. The van der Waals surface area contributed by atoms with Crippen molar-refractivity contribution < 1.29 is 33.2 Å². The average molecular weight is 411 g/mol. The van der Waals surface area contributed by atoms with Gasteiger partial charge in [-0.1, -0.05) is 48.5 Å². The zero-order valence-corrected chi connectivity index (χ0v) is 16.2. The van der Waals surface area contributed by atoms with E-state index in [0.717, 1.165) is 5.56 Å². The molecule has 0 aromatic heterocycles. The maximum absolute atomic E-state index is 12.4. The third kappa shape index (κ3) is 3.59. The second kappa shape index (κ2) is 8.16. The molecule has 30 heavy (non-hydrogen) atoms. The number of benzene rings is 2. The van der Waals surface area contributed by atoms with Crippen LogP contribution in [0.2, 0.25) is 0 Å². The minimum absolute atomic E-state index is 0.114. The molecule has 1 amide bonds. The van der Waals surface area contributed by atoms with E-state index in [4.69, 9.17) is 28.4 Å². The lowest BCUT2D eigenvalue weighted by atomic mass is 9.98. The number of hydrogen-bond donors (Lipinski definition) is 0. The maximum Gasteiger partial charge on any atom is 0.392 e. The number of hydrogen-bond acceptors (Lipinski definition) is 7. The smallest absolute Gasteiger partial charge is 0.392 e. The molecule has 6 atom stereocenters. The van der Waals surface area contributed by atoms with Crippen molar-refractivity contribution in [1.82, 2.24) is 0 Å². The molecule has 0 bridgehead atoms. The van der Waals surface area contributed by atoms with E-state index >= 15 is 0 Å². The van der Waals surface area contributed by atoms with Gasteiger partial charge in [0.15, 0.2) is 24.8 Å². The summed E-state index contributed by atoms with van der Waals surface area (Å²) in [5.41, 5.74) is 1.34. The molecule has 0 unspecified atom stereocenters. The van der Waals surface area contributed by atoms with Crippen molar-refractivity contribution in [2.24, 2.45) is 4.99 Å². The van der Waals surface area contributed by atoms with Gasteiger partial charge in [-0.15, -0.1) is 4.99 Å². The van der Waals surface area contributed by atoms with E-state index in [-0.39, 0.29) is 6.08 Å². The third-order valence-corrected chi connectivity index (χ3v) is 5.28. The zero-order valence-electron chi connectivity index (χ0n) is 16.2. The van der Waals surface area contributed by atoms with Crippen molar-refractivity contribution in [1.29, 1.82) is 0 Å². The van der Waals surface area contributed by atoms with Crippen LogP contribution < -0.4 is 0 Å². The van der Waals surface area contributed by atoms with E-state index < -0.39 is 42.9 Å². The average Bonchev–Trinajstić information content (AvgIpc) is 3.23. The van der Waals surface area contributed by atoms with Gasteiger partial charge in [-0.05, 0) is 12.1 Å². The van der Waals surface area contributed by atoms with E-state index in [1.165, 1.54) is 7.11 Å². The van der Waals surface area contributed by atoms with Gasteiger partial charge >= 0.3 is 6.08 Å². The molecular formula is C22H21NO7. The number of aliphatic imine (C=N–C) groups is 1. The Kier molecular flexibility index (Phi) is 5.22. The van der Waals surface area contributed by atoms with Gasteiger partial charge in [-0.2, -0.15) is 0 Å². The molecule has 0 N–H and O–H groups in total. The molecule has 3 fully saturated rings. The number of methoxy groups -OCH3 is 1. The summed E-state index contributed by atoms with van der Waals surface area (Å²) in [6.07, 6.45) is -3.40. The Morgan fingerprint density at radius 1 is 0.933 bits per heavy atom. The van der Waals surface area contributed by atoms with Crippen LogP contribution in [-0.4, -0.2) is 56.4 Å². The first-order valence-electron chi connectivity index (χ1n) is 9.74. The van der Waals surface area contributed by atoms with Crippen molar-refractivity contribution in [2.75, 3.05) is 13.7 Å². The van der Waals surface area contributed by atoms with Crippen LogP contribution in [-0.2, 0) is 28.4 Å². The Balaban J connectivity index is 1.37. The summed E-state index contributed by atoms with van der Waals surface area (Å²) in [5, 5.41) is 0. The van der Waals surface area contributed by atoms with Crippen LogP contribution in [0.5, 0.6) is 0 Å². The van der Waals surface area contributed by atoms with Gasteiger partial charge in [-0.3, -0.25) is 4.79 Å². The van der Waals surface area contributed by atoms with Gasteiger partial charge in [0.25, 0.3) is 5.91 Å². The molecule has 8 nitrogen and oxygen atoms in total. The van der Waals surface area contributed by atoms with E-state index in [0.29, 0.717) is 12.2 Å². The molecule has 2 aromatic carbocycles. The Labute approximate surface area is 173 Å². The van der Waals surface area contributed by atoms with Crippen molar-refractivity contribution in [3.8, 4) is 0 Å². The quantitative estimate of drug-likeness (QED) is 0.767. The van der Waals surface area contributed by atoms with Gasteiger partial charge in [0.1, 0.15) is 12.2 Å². The van der Waals surface area contributed by atoms with Gasteiger partial charge < -0.3 is 28.4 Å². The van der Waals surface area contributed by atoms with Crippen molar-refractivity contribution in [3.63, 3.8) is 0 Å². The molecule has 3 aliphatic rings. The summed E-state index contributed by atoms with van der Waals surface area (Å²) in [6.45, 7) is 0.312. The van der Waals surface area contributed by atoms with E-state index in [2.05, 4.69) is 4.99 Å². The molecule has 5 rings (SSSR count). The molecule has 0 spiro atoms. The minimum atomic E-state index is -0.698. The summed E-state index contributed by atoms with van der Waals surface area (Å²) in [4.78, 5) is 16.4. The number of ether oxygens (including phenoxy) is 6. The summed E-state index contributed by atoms with van der Waals surface area (Å²) in [5.74, 6) is -0.453. The van der Waals surface area contributed by atoms with E-state index in [1.807, 2.05) is 36.4 Å². The highest BCUT2D eigenvalue weighted by Gasteiger charge is 2.56. The van der Waals surface area contributed by atoms with Gasteiger partial charge in [0.05, 0.1) is 6.61 Å². The second-order valence-electron chi connectivity index (χ2n) is 7.17. The third-order valence-electron chi connectivity index (χ3n) is 5.28. The highest BCUT2D eigenvalue weighted by molar-refractivity contribution is 6.00. The van der Waals surface area contributed by atoms with Gasteiger partial charge in [-0.25, -0.2) is 0 Å². The fourth-order valence-corrected chi connectivity index (χ4v) is 3.82. The lowest BCUT2D eigenvalue weighted by Gasteiger charge is -2.44. The number of fused-ring (bicyclic) bond motifs is 3. The highest BCUT2D eigenvalue weighted by atomic mass is 16.8. The zero-order chi connectivity index (χ0) is 20.5. The first kappa shape index (κ1) is 19.2. The lowest BCUT2D eigenvalue weighted by molar-refractivity contribution is -0.343. The molecule has 3 saturated heterocycles.